The number of hydrogen-bond acceptors (Lipinski definition) is 5. The topological polar surface area (TPSA) is 54.5 Å². The van der Waals surface area contributed by atoms with Crippen LogP contribution < -0.4 is 15.0 Å². The van der Waals surface area contributed by atoms with Crippen LogP contribution in [0, 0.1) is 0 Å². The molecule has 0 saturated heterocycles. The number of carbonyl (C=O) groups is 1. The van der Waals surface area contributed by atoms with Crippen LogP contribution in [0.4, 0.5) is 10.8 Å². The zero-order chi connectivity index (χ0) is 13.4. The normalized spacial score (nSPS) is 13.5. The Balaban J connectivity index is 1.96. The fraction of sp³-hybridized carbons (Fsp3) is 0.231. The van der Waals surface area contributed by atoms with Gasteiger partial charge in [-0.1, -0.05) is 0 Å². The van der Waals surface area contributed by atoms with Crippen molar-refractivity contribution in [3.05, 3.63) is 23.6 Å². The lowest BCUT2D eigenvalue weighted by Gasteiger charge is -2.18. The lowest BCUT2D eigenvalue weighted by Crippen LogP contribution is -2.25. The largest absolute Gasteiger partial charge is 0.482 e. The predicted octanol–water partition coefficient (Wildman–Crippen LogP) is 2.21. The van der Waals surface area contributed by atoms with Gasteiger partial charge in [0.15, 0.2) is 11.7 Å². The van der Waals surface area contributed by atoms with Crippen LogP contribution in [0.15, 0.2) is 23.6 Å². The molecule has 0 saturated carbocycles. The first-order valence-electron chi connectivity index (χ1n) is 5.83. The molecule has 2 aromatic rings. The summed E-state index contributed by atoms with van der Waals surface area (Å²) in [6.07, 6.45) is 0. The fourth-order valence-electron chi connectivity index (χ4n) is 1.84. The number of anilines is 2. The number of benzene rings is 1. The molecule has 0 radical (unpaired) electrons. The molecule has 0 unspecified atom stereocenters. The van der Waals surface area contributed by atoms with Crippen molar-refractivity contribution in [2.45, 2.75) is 0 Å². The minimum absolute atomic E-state index is 0.0772. The maximum Gasteiger partial charge on any atom is 0.262 e. The second-order valence-electron chi connectivity index (χ2n) is 4.46. The molecule has 1 amide bonds. The van der Waals surface area contributed by atoms with Gasteiger partial charge >= 0.3 is 0 Å². The number of fused-ring (bicyclic) bond motifs is 1. The minimum Gasteiger partial charge on any atom is -0.482 e. The van der Waals surface area contributed by atoms with Gasteiger partial charge in [-0.25, -0.2) is 4.98 Å². The molecular weight excluding hydrogens is 262 g/mol. The number of nitrogens with one attached hydrogen (secondary N) is 1. The summed E-state index contributed by atoms with van der Waals surface area (Å²) in [5, 5.41) is 5.76. The molecule has 1 aliphatic rings. The lowest BCUT2D eigenvalue weighted by molar-refractivity contribution is -0.118. The third-order valence-corrected chi connectivity index (χ3v) is 3.79. The summed E-state index contributed by atoms with van der Waals surface area (Å²) >= 11 is 1.59. The average Bonchev–Trinajstić information content (AvgIpc) is 2.87. The number of ether oxygens (including phenoxy) is 1. The fourth-order valence-corrected chi connectivity index (χ4v) is 2.61. The summed E-state index contributed by atoms with van der Waals surface area (Å²) in [7, 11) is 3.92. The van der Waals surface area contributed by atoms with Crippen molar-refractivity contribution in [2.24, 2.45) is 0 Å². The number of carbonyl (C=O) groups excluding carboxylic acids is 1. The van der Waals surface area contributed by atoms with Crippen molar-refractivity contribution in [1.82, 2.24) is 4.98 Å². The number of thiazole rings is 1. The van der Waals surface area contributed by atoms with Gasteiger partial charge in [0, 0.05) is 25.0 Å². The Morgan fingerprint density at radius 2 is 2.26 bits per heavy atom. The van der Waals surface area contributed by atoms with Crippen LogP contribution in [0.5, 0.6) is 5.75 Å². The highest BCUT2D eigenvalue weighted by atomic mass is 32.1. The van der Waals surface area contributed by atoms with Gasteiger partial charge in [0.2, 0.25) is 0 Å². The van der Waals surface area contributed by atoms with E-state index in [1.54, 1.807) is 11.3 Å². The van der Waals surface area contributed by atoms with Crippen LogP contribution in [0.3, 0.4) is 0 Å². The molecule has 98 valence electrons. The molecular formula is C13H13N3O2S. The SMILES string of the molecule is CN(C)c1nc(-c2ccc3c(c2)NC(=O)CO3)cs1. The Bertz CT molecular complexity index is 637. The van der Waals surface area contributed by atoms with Crippen LogP contribution in [-0.2, 0) is 4.79 Å². The second-order valence-corrected chi connectivity index (χ2v) is 5.29. The summed E-state index contributed by atoms with van der Waals surface area (Å²) in [6.45, 7) is 0.0772. The minimum atomic E-state index is -0.128. The number of amides is 1. The van der Waals surface area contributed by atoms with Gasteiger partial charge in [0.05, 0.1) is 11.4 Å². The van der Waals surface area contributed by atoms with Crippen molar-refractivity contribution in [3.63, 3.8) is 0 Å². The number of hydrogen-bond donors (Lipinski definition) is 1. The molecule has 1 N–H and O–H groups in total. The Morgan fingerprint density at radius 1 is 1.42 bits per heavy atom. The van der Waals surface area contributed by atoms with Gasteiger partial charge in [0.25, 0.3) is 5.91 Å². The summed E-state index contributed by atoms with van der Waals surface area (Å²) in [4.78, 5) is 17.8. The third kappa shape index (κ3) is 2.26. The molecule has 0 fully saturated rings. The van der Waals surface area contributed by atoms with Crippen LogP contribution in [-0.4, -0.2) is 31.6 Å². The van der Waals surface area contributed by atoms with Crippen LogP contribution in [0.25, 0.3) is 11.3 Å². The molecule has 0 atom stereocenters. The monoisotopic (exact) mass is 275 g/mol. The summed E-state index contributed by atoms with van der Waals surface area (Å²) in [5.74, 6) is 0.573. The molecule has 6 heteroatoms. The molecule has 1 aliphatic heterocycles. The quantitative estimate of drug-likeness (QED) is 0.913. The van der Waals surface area contributed by atoms with E-state index in [1.165, 1.54) is 0 Å². The van der Waals surface area contributed by atoms with Crippen molar-refractivity contribution >= 4 is 28.1 Å². The molecule has 0 bridgehead atoms. The number of rotatable bonds is 2. The summed E-state index contributed by atoms with van der Waals surface area (Å²) in [5.41, 5.74) is 2.57. The molecule has 2 heterocycles. The lowest BCUT2D eigenvalue weighted by atomic mass is 10.1. The highest BCUT2D eigenvalue weighted by molar-refractivity contribution is 7.14. The van der Waals surface area contributed by atoms with Gasteiger partial charge in [-0.3, -0.25) is 4.79 Å². The first-order valence-corrected chi connectivity index (χ1v) is 6.71. The van der Waals surface area contributed by atoms with Crippen molar-refractivity contribution in [2.75, 3.05) is 30.9 Å². The Kier molecular flexibility index (Phi) is 2.87. The van der Waals surface area contributed by atoms with Gasteiger partial charge < -0.3 is 15.0 Å². The molecule has 0 aliphatic carbocycles. The number of aromatic nitrogens is 1. The molecule has 1 aromatic carbocycles. The van der Waals surface area contributed by atoms with E-state index >= 15 is 0 Å². The van der Waals surface area contributed by atoms with Crippen LogP contribution in [0.2, 0.25) is 0 Å². The molecule has 0 spiro atoms. The Labute approximate surface area is 114 Å². The first-order chi connectivity index (χ1) is 9.13. The highest BCUT2D eigenvalue weighted by Crippen LogP contribution is 2.34. The van der Waals surface area contributed by atoms with E-state index in [1.807, 2.05) is 42.6 Å². The molecule has 3 rings (SSSR count). The van der Waals surface area contributed by atoms with E-state index in [2.05, 4.69) is 10.3 Å². The first kappa shape index (κ1) is 12.0. The zero-order valence-corrected chi connectivity index (χ0v) is 11.5. The maximum absolute atomic E-state index is 11.3. The van der Waals surface area contributed by atoms with Gasteiger partial charge in [-0.05, 0) is 18.2 Å². The average molecular weight is 275 g/mol. The van der Waals surface area contributed by atoms with Crippen molar-refractivity contribution in [1.29, 1.82) is 0 Å². The highest BCUT2D eigenvalue weighted by Gasteiger charge is 2.17. The predicted molar refractivity (Wildman–Crippen MR) is 76.0 cm³/mol. The van der Waals surface area contributed by atoms with Crippen molar-refractivity contribution < 1.29 is 9.53 Å². The van der Waals surface area contributed by atoms with E-state index < -0.39 is 0 Å². The van der Waals surface area contributed by atoms with Gasteiger partial charge in [-0.2, -0.15) is 0 Å². The van der Waals surface area contributed by atoms with E-state index in [9.17, 15) is 4.79 Å². The van der Waals surface area contributed by atoms with E-state index in [-0.39, 0.29) is 12.5 Å². The molecule has 19 heavy (non-hydrogen) atoms. The zero-order valence-electron chi connectivity index (χ0n) is 10.6. The van der Waals surface area contributed by atoms with E-state index in [0.29, 0.717) is 11.4 Å². The van der Waals surface area contributed by atoms with Gasteiger partial charge in [-0.15, -0.1) is 11.3 Å². The van der Waals surface area contributed by atoms with Crippen molar-refractivity contribution in [3.8, 4) is 17.0 Å². The second kappa shape index (κ2) is 4.55. The standard InChI is InChI=1S/C13H13N3O2S/c1-16(2)13-15-10(7-19-13)8-3-4-11-9(5-8)14-12(17)6-18-11/h3-5,7H,6H2,1-2H3,(H,14,17). The van der Waals surface area contributed by atoms with Crippen LogP contribution in [0.1, 0.15) is 0 Å². The van der Waals surface area contributed by atoms with Gasteiger partial charge in [0.1, 0.15) is 5.75 Å². The Morgan fingerprint density at radius 3 is 3.00 bits per heavy atom. The van der Waals surface area contributed by atoms with E-state index in [4.69, 9.17) is 4.74 Å². The summed E-state index contributed by atoms with van der Waals surface area (Å²) < 4.78 is 5.33. The maximum atomic E-state index is 11.3. The van der Waals surface area contributed by atoms with E-state index in [0.717, 1.165) is 16.4 Å². The molecule has 5 nitrogen and oxygen atoms in total. The number of nitrogens with zero attached hydrogens (tertiary/aromatic N) is 2. The molecule has 1 aromatic heterocycles. The summed E-state index contributed by atoms with van der Waals surface area (Å²) in [6, 6.07) is 5.70. The third-order valence-electron chi connectivity index (χ3n) is 2.78. The smallest absolute Gasteiger partial charge is 0.262 e. The van der Waals surface area contributed by atoms with Crippen LogP contribution >= 0.6 is 11.3 Å². The Hall–Kier alpha value is -2.08.